The van der Waals surface area contributed by atoms with Gasteiger partial charge in [-0.15, -0.1) is 0 Å². The van der Waals surface area contributed by atoms with Crippen LogP contribution < -0.4 is 4.74 Å². The van der Waals surface area contributed by atoms with Crippen LogP contribution in [0.3, 0.4) is 0 Å². The molecular weight excluding hydrogens is 266 g/mol. The number of aromatic carboxylic acids is 1. The summed E-state index contributed by atoms with van der Waals surface area (Å²) in [6.45, 7) is 4.05. The molecule has 0 aliphatic heterocycles. The summed E-state index contributed by atoms with van der Waals surface area (Å²) in [5.74, 6) is -0.316. The Morgan fingerprint density at radius 3 is 2.52 bits per heavy atom. The molecule has 0 fully saturated rings. The lowest BCUT2D eigenvalue weighted by atomic mass is 10.1. The number of hydrogen-bond acceptors (Lipinski definition) is 3. The van der Waals surface area contributed by atoms with Gasteiger partial charge in [-0.25, -0.2) is 4.79 Å². The number of carboxylic acid groups (broad SMARTS) is 1. The fourth-order valence-electron chi connectivity index (χ4n) is 2.05. The Morgan fingerprint density at radius 2 is 1.95 bits per heavy atom. The quantitative estimate of drug-likeness (QED) is 0.931. The molecule has 2 aromatic rings. The van der Waals surface area contributed by atoms with E-state index in [1.54, 1.807) is 31.2 Å². The molecule has 1 N–H and O–H groups in total. The Labute approximate surface area is 123 Å². The van der Waals surface area contributed by atoms with E-state index in [-0.39, 0.29) is 5.56 Å². The topological polar surface area (TPSA) is 70.3 Å². The summed E-state index contributed by atoms with van der Waals surface area (Å²) < 4.78 is 5.69. The van der Waals surface area contributed by atoms with E-state index < -0.39 is 5.97 Å². The second-order valence-corrected chi connectivity index (χ2v) is 4.82. The monoisotopic (exact) mass is 281 g/mol. The van der Waals surface area contributed by atoms with Crippen molar-refractivity contribution in [2.75, 3.05) is 0 Å². The number of carboxylic acids is 1. The molecule has 0 aliphatic carbocycles. The van der Waals surface area contributed by atoms with Crippen molar-refractivity contribution in [3.8, 4) is 11.8 Å². The number of ether oxygens (including phenoxy) is 1. The molecule has 0 spiro atoms. The van der Waals surface area contributed by atoms with Gasteiger partial charge < -0.3 is 9.84 Å². The predicted molar refractivity (Wildman–Crippen MR) is 78.4 cm³/mol. The molecule has 106 valence electrons. The first-order valence-corrected chi connectivity index (χ1v) is 6.47. The minimum atomic E-state index is -0.943. The van der Waals surface area contributed by atoms with Crippen molar-refractivity contribution in [1.82, 2.24) is 0 Å². The van der Waals surface area contributed by atoms with Gasteiger partial charge in [0.2, 0.25) is 0 Å². The van der Waals surface area contributed by atoms with Gasteiger partial charge in [-0.2, -0.15) is 5.26 Å². The zero-order chi connectivity index (χ0) is 15.4. The normalized spacial score (nSPS) is 9.95. The maximum absolute atomic E-state index is 11.0. The molecule has 4 heteroatoms. The largest absolute Gasteiger partial charge is 0.489 e. The van der Waals surface area contributed by atoms with E-state index >= 15 is 0 Å². The lowest BCUT2D eigenvalue weighted by Crippen LogP contribution is -2.02. The van der Waals surface area contributed by atoms with Gasteiger partial charge in [0.15, 0.2) is 0 Å². The highest BCUT2D eigenvalue weighted by atomic mass is 16.5. The van der Waals surface area contributed by atoms with Crippen LogP contribution in [-0.4, -0.2) is 11.1 Å². The third-order valence-corrected chi connectivity index (χ3v) is 3.29. The fraction of sp³-hybridized carbons (Fsp3) is 0.176. The molecular formula is C17H15NO3. The minimum Gasteiger partial charge on any atom is -0.489 e. The number of benzene rings is 2. The lowest BCUT2D eigenvalue weighted by Gasteiger charge is -2.10. The zero-order valence-corrected chi connectivity index (χ0v) is 11.9. The first-order chi connectivity index (χ1) is 10.0. The van der Waals surface area contributed by atoms with Crippen LogP contribution >= 0.6 is 0 Å². The predicted octanol–water partition coefficient (Wildman–Crippen LogP) is 3.45. The summed E-state index contributed by atoms with van der Waals surface area (Å²) in [5.41, 5.74) is 3.55. The molecule has 0 saturated heterocycles. The van der Waals surface area contributed by atoms with E-state index in [0.29, 0.717) is 23.5 Å². The van der Waals surface area contributed by atoms with Gasteiger partial charge in [0, 0.05) is 0 Å². The summed E-state index contributed by atoms with van der Waals surface area (Å²) in [7, 11) is 0. The molecule has 0 atom stereocenters. The Morgan fingerprint density at radius 1 is 1.19 bits per heavy atom. The van der Waals surface area contributed by atoms with Crippen molar-refractivity contribution in [3.05, 3.63) is 64.2 Å². The maximum Gasteiger partial charge on any atom is 0.335 e. The Balaban J connectivity index is 2.12. The number of nitriles is 1. The zero-order valence-electron chi connectivity index (χ0n) is 11.9. The van der Waals surface area contributed by atoms with Gasteiger partial charge in [-0.3, -0.25) is 0 Å². The molecule has 0 heterocycles. The molecule has 2 aromatic carbocycles. The van der Waals surface area contributed by atoms with E-state index in [4.69, 9.17) is 15.1 Å². The Bertz CT molecular complexity index is 729. The number of carbonyl (C=O) groups is 1. The van der Waals surface area contributed by atoms with Crippen molar-refractivity contribution < 1.29 is 14.6 Å². The number of aryl methyl sites for hydroxylation is 2. The molecule has 0 unspecified atom stereocenters. The molecule has 21 heavy (non-hydrogen) atoms. The second kappa shape index (κ2) is 6.10. The van der Waals surface area contributed by atoms with Crippen molar-refractivity contribution in [2.24, 2.45) is 0 Å². The first kappa shape index (κ1) is 14.6. The molecule has 0 radical (unpaired) electrons. The van der Waals surface area contributed by atoms with E-state index in [2.05, 4.69) is 6.07 Å². The standard InChI is InChI=1S/C17H15NO3/c1-11-7-13(9-18)3-4-14(11)10-21-15-5-6-16(17(19)20)12(2)8-15/h3-8H,10H2,1-2H3,(H,19,20). The number of nitrogens with zero attached hydrogens (tertiary/aromatic N) is 1. The van der Waals surface area contributed by atoms with Gasteiger partial charge >= 0.3 is 5.97 Å². The highest BCUT2D eigenvalue weighted by Gasteiger charge is 2.08. The fourth-order valence-corrected chi connectivity index (χ4v) is 2.05. The van der Waals surface area contributed by atoms with Crippen LogP contribution in [-0.2, 0) is 6.61 Å². The van der Waals surface area contributed by atoms with Crippen LogP contribution in [0.1, 0.15) is 32.6 Å². The van der Waals surface area contributed by atoms with Crippen molar-refractivity contribution in [2.45, 2.75) is 20.5 Å². The van der Waals surface area contributed by atoms with Crippen LogP contribution in [0, 0.1) is 25.2 Å². The summed E-state index contributed by atoms with van der Waals surface area (Å²) in [6, 6.07) is 12.4. The van der Waals surface area contributed by atoms with E-state index in [9.17, 15) is 4.79 Å². The van der Waals surface area contributed by atoms with Crippen LogP contribution in [0.2, 0.25) is 0 Å². The first-order valence-electron chi connectivity index (χ1n) is 6.47. The summed E-state index contributed by atoms with van der Waals surface area (Å²) >= 11 is 0. The van der Waals surface area contributed by atoms with Gasteiger partial charge in [-0.05, 0) is 60.9 Å². The van der Waals surface area contributed by atoms with Gasteiger partial charge in [0.1, 0.15) is 12.4 Å². The average molecular weight is 281 g/mol. The van der Waals surface area contributed by atoms with Crippen molar-refractivity contribution in [3.63, 3.8) is 0 Å². The van der Waals surface area contributed by atoms with E-state index in [0.717, 1.165) is 11.1 Å². The third kappa shape index (κ3) is 3.40. The molecule has 4 nitrogen and oxygen atoms in total. The molecule has 0 bridgehead atoms. The van der Waals surface area contributed by atoms with E-state index in [1.165, 1.54) is 0 Å². The molecule has 2 rings (SSSR count). The van der Waals surface area contributed by atoms with Crippen LogP contribution in [0.4, 0.5) is 0 Å². The average Bonchev–Trinajstić information content (AvgIpc) is 2.45. The summed E-state index contributed by atoms with van der Waals surface area (Å²) in [6.07, 6.45) is 0. The van der Waals surface area contributed by atoms with E-state index in [1.807, 2.05) is 19.1 Å². The highest BCUT2D eigenvalue weighted by Crippen LogP contribution is 2.19. The summed E-state index contributed by atoms with van der Waals surface area (Å²) in [5, 5.41) is 17.8. The minimum absolute atomic E-state index is 0.275. The number of rotatable bonds is 4. The van der Waals surface area contributed by atoms with Crippen molar-refractivity contribution >= 4 is 5.97 Å². The Kier molecular flexibility index (Phi) is 4.24. The lowest BCUT2D eigenvalue weighted by molar-refractivity contribution is 0.0696. The second-order valence-electron chi connectivity index (χ2n) is 4.82. The van der Waals surface area contributed by atoms with Gasteiger partial charge in [0.05, 0.1) is 17.2 Å². The Hall–Kier alpha value is -2.80. The molecule has 0 aromatic heterocycles. The van der Waals surface area contributed by atoms with Gasteiger partial charge in [-0.1, -0.05) is 6.07 Å². The van der Waals surface area contributed by atoms with Crippen LogP contribution in [0.5, 0.6) is 5.75 Å². The molecule has 0 aliphatic rings. The van der Waals surface area contributed by atoms with Crippen LogP contribution in [0.15, 0.2) is 36.4 Å². The molecule has 0 saturated carbocycles. The highest BCUT2D eigenvalue weighted by molar-refractivity contribution is 5.89. The smallest absolute Gasteiger partial charge is 0.335 e. The van der Waals surface area contributed by atoms with Gasteiger partial charge in [0.25, 0.3) is 0 Å². The van der Waals surface area contributed by atoms with Crippen molar-refractivity contribution in [1.29, 1.82) is 5.26 Å². The SMILES string of the molecule is Cc1cc(C#N)ccc1COc1ccc(C(=O)O)c(C)c1. The number of hydrogen-bond donors (Lipinski definition) is 1. The molecule has 0 amide bonds. The maximum atomic E-state index is 11.0. The summed E-state index contributed by atoms with van der Waals surface area (Å²) in [4.78, 5) is 11.0. The van der Waals surface area contributed by atoms with Crippen LogP contribution in [0.25, 0.3) is 0 Å². The third-order valence-electron chi connectivity index (χ3n) is 3.29.